The summed E-state index contributed by atoms with van der Waals surface area (Å²) in [5.74, 6) is 1.32. The molecule has 0 saturated carbocycles. The molecule has 1 aromatic carbocycles. The van der Waals surface area contributed by atoms with Crippen molar-refractivity contribution in [2.45, 2.75) is 51.5 Å². The summed E-state index contributed by atoms with van der Waals surface area (Å²) in [5.41, 5.74) is 1.36. The molecule has 2 saturated heterocycles. The molecule has 32 heavy (non-hydrogen) atoms. The highest BCUT2D eigenvalue weighted by atomic mass is 19.3. The number of hydrogen-bond acceptors (Lipinski definition) is 3. The molecular formula is C24H37F2N5O. The van der Waals surface area contributed by atoms with Crippen LogP contribution in [0.3, 0.4) is 0 Å². The monoisotopic (exact) mass is 449 g/mol. The number of alkyl halides is 2. The summed E-state index contributed by atoms with van der Waals surface area (Å²) in [5, 5.41) is 6.58. The van der Waals surface area contributed by atoms with Crippen LogP contribution in [0, 0.1) is 5.92 Å². The summed E-state index contributed by atoms with van der Waals surface area (Å²) in [7, 11) is 0. The fraction of sp³-hybridized carbons (Fsp3) is 0.667. The minimum Gasteiger partial charge on any atom is -0.357 e. The quantitative estimate of drug-likeness (QED) is 0.473. The number of rotatable bonds is 8. The first kappa shape index (κ1) is 24.4. The number of nitrogens with zero attached hydrogens (tertiary/aromatic N) is 3. The van der Waals surface area contributed by atoms with E-state index in [9.17, 15) is 13.6 Å². The normalized spacial score (nSPS) is 19.4. The van der Waals surface area contributed by atoms with E-state index in [2.05, 4.69) is 39.9 Å². The lowest BCUT2D eigenvalue weighted by atomic mass is 9.90. The highest BCUT2D eigenvalue weighted by Crippen LogP contribution is 2.21. The summed E-state index contributed by atoms with van der Waals surface area (Å²) in [4.78, 5) is 20.9. The first-order valence-electron chi connectivity index (χ1n) is 11.9. The second kappa shape index (κ2) is 12.7. The number of carbonyl (C=O) groups excluding carboxylic acids is 1. The standard InChI is InChI=1S/C24H37F2N5O/c1-2-27-24(29-21-10-12-30(13-11-21)18-22(25)26)28-17-23(32)31-14-8-20(9-15-31)16-19-6-4-3-5-7-19/h3-7,20-22H,2,8-18H2,1H3,(H2,27,28,29). The van der Waals surface area contributed by atoms with Crippen LogP contribution in [0.1, 0.15) is 38.2 Å². The molecule has 3 rings (SSSR count). The molecule has 178 valence electrons. The van der Waals surface area contributed by atoms with Crippen LogP contribution in [0.2, 0.25) is 0 Å². The molecule has 2 aliphatic rings. The van der Waals surface area contributed by atoms with Gasteiger partial charge in [-0.25, -0.2) is 13.8 Å². The lowest BCUT2D eigenvalue weighted by molar-refractivity contribution is -0.130. The summed E-state index contributed by atoms with van der Waals surface area (Å²) < 4.78 is 25.1. The maximum atomic E-state index is 12.7. The van der Waals surface area contributed by atoms with Gasteiger partial charge in [0.1, 0.15) is 6.54 Å². The van der Waals surface area contributed by atoms with Gasteiger partial charge in [-0.3, -0.25) is 9.69 Å². The SMILES string of the molecule is CCNC(=NCC(=O)N1CCC(Cc2ccccc2)CC1)NC1CCN(CC(F)F)CC1. The number of hydrogen-bond donors (Lipinski definition) is 2. The lowest BCUT2D eigenvalue weighted by Crippen LogP contribution is -2.49. The van der Waals surface area contributed by atoms with Gasteiger partial charge in [0.05, 0.1) is 6.54 Å². The predicted octanol–water partition coefficient (Wildman–Crippen LogP) is 2.75. The molecule has 0 aromatic heterocycles. The van der Waals surface area contributed by atoms with Crippen LogP contribution in [0.15, 0.2) is 35.3 Å². The Morgan fingerprint density at radius 3 is 2.41 bits per heavy atom. The van der Waals surface area contributed by atoms with Crippen molar-refractivity contribution in [3.8, 4) is 0 Å². The Bertz CT molecular complexity index is 714. The van der Waals surface area contributed by atoms with Crippen LogP contribution in [-0.2, 0) is 11.2 Å². The Balaban J connectivity index is 1.41. The van der Waals surface area contributed by atoms with Gasteiger partial charge in [-0.2, -0.15) is 0 Å². The molecule has 1 aromatic rings. The maximum absolute atomic E-state index is 12.7. The molecule has 0 bridgehead atoms. The molecule has 2 heterocycles. The minimum absolute atomic E-state index is 0.0621. The highest BCUT2D eigenvalue weighted by Gasteiger charge is 2.24. The highest BCUT2D eigenvalue weighted by molar-refractivity contribution is 5.85. The number of amides is 1. The number of carbonyl (C=O) groups is 1. The Morgan fingerprint density at radius 1 is 1.09 bits per heavy atom. The number of likely N-dealkylation sites (tertiary alicyclic amines) is 2. The van der Waals surface area contributed by atoms with Crippen molar-refractivity contribution >= 4 is 11.9 Å². The van der Waals surface area contributed by atoms with Gasteiger partial charge >= 0.3 is 0 Å². The van der Waals surface area contributed by atoms with Crippen molar-refractivity contribution in [1.82, 2.24) is 20.4 Å². The van der Waals surface area contributed by atoms with E-state index >= 15 is 0 Å². The zero-order valence-corrected chi connectivity index (χ0v) is 19.1. The Morgan fingerprint density at radius 2 is 1.78 bits per heavy atom. The number of benzene rings is 1. The van der Waals surface area contributed by atoms with Gasteiger partial charge in [0, 0.05) is 38.8 Å². The van der Waals surface area contributed by atoms with Crippen LogP contribution in [0.25, 0.3) is 0 Å². The van der Waals surface area contributed by atoms with Crippen molar-refractivity contribution in [2.24, 2.45) is 10.9 Å². The van der Waals surface area contributed by atoms with Crippen molar-refractivity contribution in [2.75, 3.05) is 45.8 Å². The number of nitrogens with one attached hydrogen (secondary N) is 2. The van der Waals surface area contributed by atoms with E-state index in [4.69, 9.17) is 0 Å². The molecule has 0 unspecified atom stereocenters. The lowest BCUT2D eigenvalue weighted by Gasteiger charge is -2.33. The molecule has 0 aliphatic carbocycles. The predicted molar refractivity (Wildman–Crippen MR) is 124 cm³/mol. The van der Waals surface area contributed by atoms with E-state index in [1.165, 1.54) is 5.56 Å². The first-order valence-corrected chi connectivity index (χ1v) is 11.9. The summed E-state index contributed by atoms with van der Waals surface area (Å²) in [6.07, 6.45) is 2.43. The fourth-order valence-electron chi connectivity index (χ4n) is 4.55. The van der Waals surface area contributed by atoms with Crippen molar-refractivity contribution < 1.29 is 13.6 Å². The molecule has 0 radical (unpaired) electrons. The number of aliphatic imine (C=N–C) groups is 1. The third kappa shape index (κ3) is 8.04. The average Bonchev–Trinajstić information content (AvgIpc) is 2.79. The van der Waals surface area contributed by atoms with Crippen LogP contribution >= 0.6 is 0 Å². The number of piperidine rings is 2. The molecule has 6 nitrogen and oxygen atoms in total. The number of halogens is 2. The van der Waals surface area contributed by atoms with Gasteiger partial charge in [-0.1, -0.05) is 30.3 Å². The van der Waals surface area contributed by atoms with Crippen molar-refractivity contribution in [1.29, 1.82) is 0 Å². The Labute approximate surface area is 190 Å². The largest absolute Gasteiger partial charge is 0.357 e. The van der Waals surface area contributed by atoms with E-state index in [0.717, 1.165) is 45.2 Å². The second-order valence-electron chi connectivity index (χ2n) is 8.82. The summed E-state index contributed by atoms with van der Waals surface area (Å²) in [6, 6.07) is 10.7. The van der Waals surface area contributed by atoms with E-state index in [-0.39, 0.29) is 25.0 Å². The van der Waals surface area contributed by atoms with Crippen LogP contribution in [0.4, 0.5) is 8.78 Å². The average molecular weight is 450 g/mol. The third-order valence-electron chi connectivity index (χ3n) is 6.38. The van der Waals surface area contributed by atoms with E-state index in [0.29, 0.717) is 31.5 Å². The zero-order valence-electron chi connectivity index (χ0n) is 19.1. The van der Waals surface area contributed by atoms with E-state index in [1.54, 1.807) is 4.90 Å². The van der Waals surface area contributed by atoms with Crippen molar-refractivity contribution in [3.63, 3.8) is 0 Å². The minimum atomic E-state index is -2.28. The molecule has 8 heteroatoms. The second-order valence-corrected chi connectivity index (χ2v) is 8.82. The van der Waals surface area contributed by atoms with Gasteiger partial charge in [0.25, 0.3) is 6.43 Å². The van der Waals surface area contributed by atoms with Crippen LogP contribution in [-0.4, -0.2) is 79.9 Å². The summed E-state index contributed by atoms with van der Waals surface area (Å²) >= 11 is 0. The molecule has 2 N–H and O–H groups in total. The maximum Gasteiger partial charge on any atom is 0.251 e. The van der Waals surface area contributed by atoms with Gasteiger partial charge in [0.2, 0.25) is 5.91 Å². The van der Waals surface area contributed by atoms with Crippen LogP contribution < -0.4 is 10.6 Å². The molecule has 2 fully saturated rings. The third-order valence-corrected chi connectivity index (χ3v) is 6.38. The van der Waals surface area contributed by atoms with Gasteiger partial charge in [-0.15, -0.1) is 0 Å². The number of guanidine groups is 1. The molecule has 2 aliphatic heterocycles. The van der Waals surface area contributed by atoms with Gasteiger partial charge in [0.15, 0.2) is 5.96 Å². The van der Waals surface area contributed by atoms with E-state index in [1.807, 2.05) is 17.9 Å². The smallest absolute Gasteiger partial charge is 0.251 e. The zero-order chi connectivity index (χ0) is 22.8. The van der Waals surface area contributed by atoms with Crippen molar-refractivity contribution in [3.05, 3.63) is 35.9 Å². The first-order chi connectivity index (χ1) is 15.5. The summed E-state index contributed by atoms with van der Waals surface area (Å²) in [6.45, 7) is 5.55. The fourth-order valence-corrected chi connectivity index (χ4v) is 4.55. The Hall–Kier alpha value is -2.22. The Kier molecular flexibility index (Phi) is 9.71. The van der Waals surface area contributed by atoms with Gasteiger partial charge < -0.3 is 15.5 Å². The molecule has 0 spiro atoms. The topological polar surface area (TPSA) is 60.0 Å². The molecular weight excluding hydrogens is 412 g/mol. The van der Waals surface area contributed by atoms with E-state index < -0.39 is 6.43 Å². The molecule has 0 atom stereocenters. The van der Waals surface area contributed by atoms with Crippen LogP contribution in [0.5, 0.6) is 0 Å². The van der Waals surface area contributed by atoms with Gasteiger partial charge in [-0.05, 0) is 50.5 Å². The molecule has 1 amide bonds.